The van der Waals surface area contributed by atoms with Crippen LogP contribution >= 0.6 is 0 Å². The van der Waals surface area contributed by atoms with Crippen molar-refractivity contribution in [2.45, 2.75) is 26.8 Å². The Morgan fingerprint density at radius 3 is 2.95 bits per heavy atom. The number of nitrogens with one attached hydrogen (secondary N) is 1. The molecular formula is C13H17N7. The molecule has 3 aromatic rings. The summed E-state index contributed by atoms with van der Waals surface area (Å²) in [5.74, 6) is 1.58. The molecule has 0 unspecified atom stereocenters. The second kappa shape index (κ2) is 4.92. The van der Waals surface area contributed by atoms with E-state index in [1.807, 2.05) is 35.4 Å². The molecule has 0 fully saturated rings. The Hall–Kier alpha value is -2.44. The van der Waals surface area contributed by atoms with Crippen LogP contribution in [0.15, 0.2) is 18.6 Å². The van der Waals surface area contributed by atoms with E-state index in [0.29, 0.717) is 6.54 Å². The van der Waals surface area contributed by atoms with E-state index in [4.69, 9.17) is 0 Å². The minimum Gasteiger partial charge on any atom is -0.363 e. The van der Waals surface area contributed by atoms with Crippen LogP contribution in [0.5, 0.6) is 0 Å². The molecule has 7 heteroatoms. The van der Waals surface area contributed by atoms with Gasteiger partial charge in [-0.2, -0.15) is 5.10 Å². The largest absolute Gasteiger partial charge is 0.363 e. The molecule has 0 aliphatic rings. The summed E-state index contributed by atoms with van der Waals surface area (Å²) in [6.45, 7) is 4.70. The van der Waals surface area contributed by atoms with Crippen LogP contribution in [0.25, 0.3) is 5.65 Å². The standard InChI is InChI=1S/C13H17N7/c1-4-11-10(8-19(3)18-11)7-15-12-13-17-16-9(2)20(13)6-5-14-12/h5-6,8H,4,7H2,1-3H3,(H,14,15). The molecule has 0 atom stereocenters. The summed E-state index contributed by atoms with van der Waals surface area (Å²) in [7, 11) is 1.93. The summed E-state index contributed by atoms with van der Waals surface area (Å²) in [5.41, 5.74) is 3.02. The predicted octanol–water partition coefficient (Wildman–Crippen LogP) is 1.34. The summed E-state index contributed by atoms with van der Waals surface area (Å²) in [5, 5.41) is 16.0. The molecule has 0 aliphatic carbocycles. The fourth-order valence-electron chi connectivity index (χ4n) is 2.27. The van der Waals surface area contributed by atoms with Gasteiger partial charge in [0.1, 0.15) is 5.82 Å². The highest BCUT2D eigenvalue weighted by Gasteiger charge is 2.09. The lowest BCUT2D eigenvalue weighted by Gasteiger charge is -2.06. The average molecular weight is 271 g/mol. The Kier molecular flexibility index (Phi) is 3.09. The average Bonchev–Trinajstić information content (AvgIpc) is 3.00. The van der Waals surface area contributed by atoms with Crippen LogP contribution in [0.1, 0.15) is 24.0 Å². The predicted molar refractivity (Wildman–Crippen MR) is 75.4 cm³/mol. The van der Waals surface area contributed by atoms with Crippen molar-refractivity contribution in [3.05, 3.63) is 35.7 Å². The zero-order chi connectivity index (χ0) is 14.1. The number of nitrogens with zero attached hydrogens (tertiary/aromatic N) is 6. The Bertz CT molecular complexity index is 740. The zero-order valence-electron chi connectivity index (χ0n) is 11.8. The summed E-state index contributed by atoms with van der Waals surface area (Å²) in [6, 6.07) is 0. The van der Waals surface area contributed by atoms with Crippen molar-refractivity contribution in [2.24, 2.45) is 7.05 Å². The van der Waals surface area contributed by atoms with Gasteiger partial charge in [-0.05, 0) is 13.3 Å². The van der Waals surface area contributed by atoms with Gasteiger partial charge in [-0.25, -0.2) is 4.98 Å². The maximum Gasteiger partial charge on any atom is 0.203 e. The Labute approximate surface area is 116 Å². The van der Waals surface area contributed by atoms with E-state index in [2.05, 4.69) is 32.5 Å². The van der Waals surface area contributed by atoms with Gasteiger partial charge in [0.05, 0.1) is 5.69 Å². The Morgan fingerprint density at radius 1 is 1.30 bits per heavy atom. The second-order valence-corrected chi connectivity index (χ2v) is 4.70. The van der Waals surface area contributed by atoms with Gasteiger partial charge in [0.15, 0.2) is 5.82 Å². The van der Waals surface area contributed by atoms with Crippen molar-refractivity contribution in [2.75, 3.05) is 5.32 Å². The van der Waals surface area contributed by atoms with Gasteiger partial charge in [0.2, 0.25) is 5.65 Å². The number of rotatable bonds is 4. The lowest BCUT2D eigenvalue weighted by molar-refractivity contribution is 0.746. The van der Waals surface area contributed by atoms with Gasteiger partial charge < -0.3 is 5.32 Å². The van der Waals surface area contributed by atoms with Crippen LogP contribution in [0.2, 0.25) is 0 Å². The molecule has 3 heterocycles. The third-order valence-corrected chi connectivity index (χ3v) is 3.27. The number of fused-ring (bicyclic) bond motifs is 1. The first-order valence-corrected chi connectivity index (χ1v) is 6.60. The SMILES string of the molecule is CCc1nn(C)cc1CNc1nccn2c(C)nnc12. The van der Waals surface area contributed by atoms with Crippen LogP contribution < -0.4 is 5.32 Å². The van der Waals surface area contributed by atoms with Crippen LogP contribution in [-0.2, 0) is 20.0 Å². The van der Waals surface area contributed by atoms with E-state index >= 15 is 0 Å². The van der Waals surface area contributed by atoms with Crippen molar-refractivity contribution >= 4 is 11.5 Å². The molecular weight excluding hydrogens is 254 g/mol. The van der Waals surface area contributed by atoms with Crippen LogP contribution in [0, 0.1) is 6.92 Å². The molecule has 0 saturated carbocycles. The maximum atomic E-state index is 4.43. The lowest BCUT2D eigenvalue weighted by Crippen LogP contribution is -2.05. The topological polar surface area (TPSA) is 72.9 Å². The molecule has 3 aromatic heterocycles. The number of hydrogen-bond donors (Lipinski definition) is 1. The fourth-order valence-corrected chi connectivity index (χ4v) is 2.27. The van der Waals surface area contributed by atoms with E-state index in [1.165, 1.54) is 5.56 Å². The van der Waals surface area contributed by atoms with E-state index in [1.54, 1.807) is 6.20 Å². The zero-order valence-corrected chi connectivity index (χ0v) is 11.8. The van der Waals surface area contributed by atoms with Gasteiger partial charge in [-0.15, -0.1) is 10.2 Å². The third-order valence-electron chi connectivity index (χ3n) is 3.27. The summed E-state index contributed by atoms with van der Waals surface area (Å²) >= 11 is 0. The molecule has 1 N–H and O–H groups in total. The molecule has 0 spiro atoms. The summed E-state index contributed by atoms with van der Waals surface area (Å²) < 4.78 is 3.75. The summed E-state index contributed by atoms with van der Waals surface area (Å²) in [6.07, 6.45) is 6.55. The Morgan fingerprint density at radius 2 is 2.15 bits per heavy atom. The smallest absolute Gasteiger partial charge is 0.203 e. The fraction of sp³-hybridized carbons (Fsp3) is 0.385. The first kappa shape index (κ1) is 12.6. The van der Waals surface area contributed by atoms with Gasteiger partial charge >= 0.3 is 0 Å². The van der Waals surface area contributed by atoms with Crippen LogP contribution in [0.3, 0.4) is 0 Å². The quantitative estimate of drug-likeness (QED) is 0.775. The molecule has 20 heavy (non-hydrogen) atoms. The van der Waals surface area contributed by atoms with Crippen molar-refractivity contribution in [1.82, 2.24) is 29.4 Å². The van der Waals surface area contributed by atoms with Gasteiger partial charge in [0, 0.05) is 37.7 Å². The van der Waals surface area contributed by atoms with Crippen molar-refractivity contribution < 1.29 is 0 Å². The number of hydrogen-bond acceptors (Lipinski definition) is 5. The first-order valence-electron chi connectivity index (χ1n) is 6.60. The molecule has 104 valence electrons. The van der Waals surface area contributed by atoms with E-state index < -0.39 is 0 Å². The molecule has 0 aliphatic heterocycles. The molecule has 0 bridgehead atoms. The van der Waals surface area contributed by atoms with Crippen LogP contribution in [-0.4, -0.2) is 29.4 Å². The molecule has 0 amide bonds. The van der Waals surface area contributed by atoms with E-state index in [9.17, 15) is 0 Å². The monoisotopic (exact) mass is 271 g/mol. The Balaban J connectivity index is 1.86. The highest BCUT2D eigenvalue weighted by atomic mass is 15.3. The molecule has 7 nitrogen and oxygen atoms in total. The van der Waals surface area contributed by atoms with Gasteiger partial charge in [-0.3, -0.25) is 9.08 Å². The van der Waals surface area contributed by atoms with E-state index in [0.717, 1.165) is 29.4 Å². The number of anilines is 1. The molecule has 3 rings (SSSR count). The molecule has 0 saturated heterocycles. The van der Waals surface area contributed by atoms with Crippen molar-refractivity contribution in [1.29, 1.82) is 0 Å². The summed E-state index contributed by atoms with van der Waals surface area (Å²) in [4.78, 5) is 4.34. The second-order valence-electron chi connectivity index (χ2n) is 4.70. The lowest BCUT2D eigenvalue weighted by atomic mass is 10.2. The minimum absolute atomic E-state index is 0.676. The minimum atomic E-state index is 0.676. The molecule has 0 aromatic carbocycles. The number of aryl methyl sites for hydroxylation is 3. The highest BCUT2D eigenvalue weighted by molar-refractivity contribution is 5.62. The van der Waals surface area contributed by atoms with Gasteiger partial charge in [0.25, 0.3) is 0 Å². The van der Waals surface area contributed by atoms with Crippen molar-refractivity contribution in [3.8, 4) is 0 Å². The molecule has 0 radical (unpaired) electrons. The van der Waals surface area contributed by atoms with Crippen LogP contribution in [0.4, 0.5) is 5.82 Å². The van der Waals surface area contributed by atoms with Crippen molar-refractivity contribution in [3.63, 3.8) is 0 Å². The third kappa shape index (κ3) is 2.11. The normalized spacial score (nSPS) is 11.2. The first-order chi connectivity index (χ1) is 9.69. The maximum absolute atomic E-state index is 4.43. The highest BCUT2D eigenvalue weighted by Crippen LogP contribution is 2.14. The number of aromatic nitrogens is 6. The van der Waals surface area contributed by atoms with Gasteiger partial charge in [-0.1, -0.05) is 6.92 Å². The van der Waals surface area contributed by atoms with E-state index in [-0.39, 0.29) is 0 Å².